The zero-order valence-corrected chi connectivity index (χ0v) is 13.5. The van der Waals surface area contributed by atoms with Crippen LogP contribution in [0.3, 0.4) is 0 Å². The third-order valence-electron chi connectivity index (χ3n) is 6.24. The van der Waals surface area contributed by atoms with Crippen LogP contribution in [0.5, 0.6) is 0 Å². The molecule has 1 heterocycles. The molecule has 0 spiro atoms. The molecule has 2 nitrogen and oxygen atoms in total. The van der Waals surface area contributed by atoms with E-state index in [0.29, 0.717) is 5.41 Å². The van der Waals surface area contributed by atoms with Gasteiger partial charge < -0.3 is 5.32 Å². The van der Waals surface area contributed by atoms with Crippen molar-refractivity contribution in [3.63, 3.8) is 0 Å². The van der Waals surface area contributed by atoms with Crippen LogP contribution in [-0.4, -0.2) is 37.1 Å². The first kappa shape index (κ1) is 14.8. The summed E-state index contributed by atoms with van der Waals surface area (Å²) in [5, 5.41) is 3.74. The number of hydrogen-bond acceptors (Lipinski definition) is 2. The van der Waals surface area contributed by atoms with Gasteiger partial charge in [0, 0.05) is 19.1 Å². The maximum absolute atomic E-state index is 3.74. The molecule has 1 N–H and O–H groups in total. The van der Waals surface area contributed by atoms with Gasteiger partial charge in [0.2, 0.25) is 0 Å². The molecule has 2 saturated carbocycles. The highest BCUT2D eigenvalue weighted by atomic mass is 15.2. The minimum atomic E-state index is 0.611. The highest BCUT2D eigenvalue weighted by Gasteiger charge is 2.41. The lowest BCUT2D eigenvalue weighted by atomic mass is 9.82. The standard InChI is InChI=1S/C18H34N2/c1-2-12-19-14-18(10-3-4-11-18)15-20-13-6-8-16-7-5-9-17(16)20/h16-17,19H,2-15H2,1H3. The molecule has 2 aliphatic carbocycles. The minimum absolute atomic E-state index is 0.611. The molecule has 0 bridgehead atoms. The molecule has 2 unspecified atom stereocenters. The van der Waals surface area contributed by atoms with Gasteiger partial charge >= 0.3 is 0 Å². The van der Waals surface area contributed by atoms with Gasteiger partial charge in [-0.15, -0.1) is 0 Å². The predicted molar refractivity (Wildman–Crippen MR) is 86.0 cm³/mol. The Kier molecular flexibility index (Phi) is 5.04. The number of hydrogen-bond donors (Lipinski definition) is 1. The summed E-state index contributed by atoms with van der Waals surface area (Å²) in [6, 6.07) is 0.951. The fraction of sp³-hybridized carbons (Fsp3) is 1.00. The SMILES string of the molecule is CCCNCC1(CN2CCCC3CCCC32)CCCC1. The lowest BCUT2D eigenvalue weighted by Crippen LogP contribution is -2.50. The Morgan fingerprint density at radius 3 is 2.65 bits per heavy atom. The molecule has 20 heavy (non-hydrogen) atoms. The maximum atomic E-state index is 3.74. The van der Waals surface area contributed by atoms with Crippen LogP contribution in [0.4, 0.5) is 0 Å². The summed E-state index contributed by atoms with van der Waals surface area (Å²) in [6.07, 6.45) is 14.6. The van der Waals surface area contributed by atoms with Crippen LogP contribution in [0.25, 0.3) is 0 Å². The van der Waals surface area contributed by atoms with Crippen molar-refractivity contribution in [3.05, 3.63) is 0 Å². The molecule has 0 aromatic carbocycles. The number of nitrogens with one attached hydrogen (secondary N) is 1. The molecule has 0 aromatic rings. The molecule has 2 atom stereocenters. The Bertz CT molecular complexity index is 296. The van der Waals surface area contributed by atoms with E-state index < -0.39 is 0 Å². The highest BCUT2D eigenvalue weighted by Crippen LogP contribution is 2.42. The van der Waals surface area contributed by atoms with Crippen molar-refractivity contribution in [2.75, 3.05) is 26.2 Å². The summed E-state index contributed by atoms with van der Waals surface area (Å²) >= 11 is 0. The van der Waals surface area contributed by atoms with Gasteiger partial charge in [0.05, 0.1) is 0 Å². The summed E-state index contributed by atoms with van der Waals surface area (Å²) in [7, 11) is 0. The van der Waals surface area contributed by atoms with Gasteiger partial charge in [-0.25, -0.2) is 0 Å². The molecule has 2 heteroatoms. The first-order chi connectivity index (χ1) is 9.83. The monoisotopic (exact) mass is 278 g/mol. The van der Waals surface area contributed by atoms with Crippen molar-refractivity contribution in [2.24, 2.45) is 11.3 Å². The molecule has 1 aliphatic heterocycles. The van der Waals surface area contributed by atoms with E-state index in [-0.39, 0.29) is 0 Å². The van der Waals surface area contributed by atoms with Crippen LogP contribution in [0.15, 0.2) is 0 Å². The van der Waals surface area contributed by atoms with Crippen LogP contribution in [0, 0.1) is 11.3 Å². The van der Waals surface area contributed by atoms with Crippen LogP contribution >= 0.6 is 0 Å². The van der Waals surface area contributed by atoms with E-state index in [1.807, 2.05) is 0 Å². The number of rotatable bonds is 6. The van der Waals surface area contributed by atoms with E-state index >= 15 is 0 Å². The second kappa shape index (κ2) is 6.79. The maximum Gasteiger partial charge on any atom is 0.0124 e. The van der Waals surface area contributed by atoms with Gasteiger partial charge in [0.1, 0.15) is 0 Å². The van der Waals surface area contributed by atoms with Gasteiger partial charge in [-0.1, -0.05) is 26.2 Å². The number of nitrogens with zero attached hydrogens (tertiary/aromatic N) is 1. The number of piperidine rings is 1. The van der Waals surface area contributed by atoms with Gasteiger partial charge in [-0.2, -0.15) is 0 Å². The first-order valence-electron chi connectivity index (χ1n) is 9.28. The van der Waals surface area contributed by atoms with Gasteiger partial charge in [0.25, 0.3) is 0 Å². The van der Waals surface area contributed by atoms with E-state index in [9.17, 15) is 0 Å². The summed E-state index contributed by atoms with van der Waals surface area (Å²) in [5.74, 6) is 1.05. The van der Waals surface area contributed by atoms with E-state index in [1.54, 1.807) is 0 Å². The van der Waals surface area contributed by atoms with Crippen molar-refractivity contribution in [3.8, 4) is 0 Å². The molecule has 0 amide bonds. The van der Waals surface area contributed by atoms with Crippen LogP contribution in [0.1, 0.15) is 71.1 Å². The largest absolute Gasteiger partial charge is 0.316 e. The lowest BCUT2D eigenvalue weighted by molar-refractivity contribution is 0.0599. The lowest BCUT2D eigenvalue weighted by Gasteiger charge is -2.43. The topological polar surface area (TPSA) is 15.3 Å². The van der Waals surface area contributed by atoms with Crippen LogP contribution in [-0.2, 0) is 0 Å². The summed E-state index contributed by atoms with van der Waals surface area (Å²) < 4.78 is 0. The second-order valence-electron chi connectivity index (χ2n) is 7.75. The molecule has 0 aromatic heterocycles. The Balaban J connectivity index is 1.60. The Morgan fingerprint density at radius 2 is 1.85 bits per heavy atom. The Morgan fingerprint density at radius 1 is 1.05 bits per heavy atom. The van der Waals surface area contributed by atoms with Crippen LogP contribution in [0.2, 0.25) is 0 Å². The van der Waals surface area contributed by atoms with Crippen molar-refractivity contribution < 1.29 is 0 Å². The van der Waals surface area contributed by atoms with Crippen molar-refractivity contribution in [1.82, 2.24) is 10.2 Å². The van der Waals surface area contributed by atoms with Gasteiger partial charge in [-0.3, -0.25) is 4.90 Å². The molecular formula is C18H34N2. The zero-order chi connectivity index (χ0) is 13.8. The molecule has 3 fully saturated rings. The smallest absolute Gasteiger partial charge is 0.0124 e. The van der Waals surface area contributed by atoms with E-state index in [2.05, 4.69) is 17.1 Å². The van der Waals surface area contributed by atoms with Gasteiger partial charge in [0.15, 0.2) is 0 Å². The van der Waals surface area contributed by atoms with Crippen molar-refractivity contribution in [2.45, 2.75) is 77.2 Å². The number of fused-ring (bicyclic) bond motifs is 1. The molecule has 3 rings (SSSR count). The molecule has 3 aliphatic rings. The summed E-state index contributed by atoms with van der Waals surface area (Å²) in [5.41, 5.74) is 0.611. The van der Waals surface area contributed by atoms with E-state index in [0.717, 1.165) is 12.0 Å². The predicted octanol–water partition coefficient (Wildman–Crippen LogP) is 3.81. The molecular weight excluding hydrogens is 244 g/mol. The normalized spacial score (nSPS) is 33.5. The molecule has 1 saturated heterocycles. The third kappa shape index (κ3) is 3.22. The molecule has 0 radical (unpaired) electrons. The Hall–Kier alpha value is -0.0800. The van der Waals surface area contributed by atoms with Crippen molar-refractivity contribution in [1.29, 1.82) is 0 Å². The van der Waals surface area contributed by atoms with Gasteiger partial charge in [-0.05, 0) is 69.4 Å². The second-order valence-corrected chi connectivity index (χ2v) is 7.75. The fourth-order valence-corrected chi connectivity index (χ4v) is 5.23. The average Bonchev–Trinajstić information content (AvgIpc) is 3.09. The third-order valence-corrected chi connectivity index (χ3v) is 6.24. The van der Waals surface area contributed by atoms with Crippen molar-refractivity contribution >= 4 is 0 Å². The fourth-order valence-electron chi connectivity index (χ4n) is 5.23. The summed E-state index contributed by atoms with van der Waals surface area (Å²) in [6.45, 7) is 7.53. The highest BCUT2D eigenvalue weighted by molar-refractivity contribution is 4.95. The number of likely N-dealkylation sites (tertiary alicyclic amines) is 1. The molecule has 116 valence electrons. The quantitative estimate of drug-likeness (QED) is 0.743. The van der Waals surface area contributed by atoms with Crippen LogP contribution < -0.4 is 5.32 Å². The Labute approximate surface area is 125 Å². The van der Waals surface area contributed by atoms with E-state index in [4.69, 9.17) is 0 Å². The van der Waals surface area contributed by atoms with E-state index in [1.165, 1.54) is 90.4 Å². The summed E-state index contributed by atoms with van der Waals surface area (Å²) in [4.78, 5) is 2.92. The average molecular weight is 278 g/mol. The zero-order valence-electron chi connectivity index (χ0n) is 13.5. The first-order valence-corrected chi connectivity index (χ1v) is 9.28. The minimum Gasteiger partial charge on any atom is -0.316 e.